The molecule has 2 rings (SSSR count). The molecule has 0 heterocycles. The Balaban J connectivity index is 1.94. The van der Waals surface area contributed by atoms with Gasteiger partial charge in [-0.1, -0.05) is 44.2 Å². The van der Waals surface area contributed by atoms with Crippen LogP contribution in [0.15, 0.2) is 30.3 Å². The molecule has 0 radical (unpaired) electrons. The van der Waals surface area contributed by atoms with Crippen molar-refractivity contribution in [1.29, 1.82) is 0 Å². The predicted octanol–water partition coefficient (Wildman–Crippen LogP) is 2.44. The second kappa shape index (κ2) is 5.74. The van der Waals surface area contributed by atoms with Crippen LogP contribution >= 0.6 is 0 Å². The van der Waals surface area contributed by atoms with Gasteiger partial charge >= 0.3 is 0 Å². The molecular weight excluding hydrogens is 236 g/mol. The highest BCUT2D eigenvalue weighted by Gasteiger charge is 2.35. The van der Waals surface area contributed by atoms with E-state index in [1.807, 2.05) is 49.2 Å². The second-order valence-corrected chi connectivity index (χ2v) is 5.92. The van der Waals surface area contributed by atoms with E-state index < -0.39 is 0 Å². The van der Waals surface area contributed by atoms with Gasteiger partial charge in [-0.25, -0.2) is 0 Å². The third kappa shape index (κ3) is 3.35. The first-order chi connectivity index (χ1) is 9.00. The van der Waals surface area contributed by atoms with Crippen LogP contribution < -0.4 is 5.73 Å². The molecule has 0 spiro atoms. The van der Waals surface area contributed by atoms with Crippen molar-refractivity contribution in [2.45, 2.75) is 26.3 Å². The van der Waals surface area contributed by atoms with Gasteiger partial charge in [0.15, 0.2) is 0 Å². The maximum Gasteiger partial charge on any atom is 0.227 e. The zero-order chi connectivity index (χ0) is 14.0. The van der Waals surface area contributed by atoms with Crippen LogP contribution in [-0.4, -0.2) is 24.4 Å². The molecule has 1 amide bonds. The first-order valence-electron chi connectivity index (χ1n) is 7.06. The average molecular weight is 260 g/mol. The molecule has 1 aromatic rings. The number of carbonyl (C=O) groups is 1. The minimum absolute atomic E-state index is 0.149. The normalized spacial score (nSPS) is 24.6. The zero-order valence-corrected chi connectivity index (χ0v) is 12.0. The monoisotopic (exact) mass is 260 g/mol. The fraction of sp³-hybridized carbons (Fsp3) is 0.562. The first kappa shape index (κ1) is 14.1. The topological polar surface area (TPSA) is 46.3 Å². The van der Waals surface area contributed by atoms with E-state index in [-0.39, 0.29) is 17.9 Å². The summed E-state index contributed by atoms with van der Waals surface area (Å²) in [5.41, 5.74) is 7.23. The van der Waals surface area contributed by atoms with E-state index in [2.05, 4.69) is 6.92 Å². The van der Waals surface area contributed by atoms with Gasteiger partial charge in [-0.3, -0.25) is 4.79 Å². The second-order valence-electron chi connectivity index (χ2n) is 5.92. The Morgan fingerprint density at radius 2 is 2.00 bits per heavy atom. The van der Waals surface area contributed by atoms with Gasteiger partial charge in [0.2, 0.25) is 5.91 Å². The summed E-state index contributed by atoms with van der Waals surface area (Å²) in [6.45, 7) is 5.03. The number of rotatable bonds is 5. The average Bonchev–Trinajstić information content (AvgIpc) is 3.12. The summed E-state index contributed by atoms with van der Waals surface area (Å²) in [6, 6.07) is 9.62. The molecule has 1 aliphatic carbocycles. The minimum Gasteiger partial charge on any atom is -0.345 e. The lowest BCUT2D eigenvalue weighted by Gasteiger charge is -2.25. The van der Waals surface area contributed by atoms with E-state index in [1.165, 1.54) is 6.42 Å². The first-order valence-corrected chi connectivity index (χ1v) is 7.06. The SMILES string of the molecule is CC1CC1CN(C)C(=O)C(C)C(N)c1ccccc1. The summed E-state index contributed by atoms with van der Waals surface area (Å²) in [7, 11) is 1.89. The molecule has 1 aromatic carbocycles. The number of benzene rings is 1. The van der Waals surface area contributed by atoms with E-state index in [4.69, 9.17) is 5.73 Å². The predicted molar refractivity (Wildman–Crippen MR) is 77.4 cm³/mol. The fourth-order valence-corrected chi connectivity index (χ4v) is 2.56. The lowest BCUT2D eigenvalue weighted by molar-refractivity contribution is -0.134. The third-order valence-corrected chi connectivity index (χ3v) is 4.27. The highest BCUT2D eigenvalue weighted by molar-refractivity contribution is 5.79. The molecule has 19 heavy (non-hydrogen) atoms. The van der Waals surface area contributed by atoms with Gasteiger partial charge in [0.25, 0.3) is 0 Å². The van der Waals surface area contributed by atoms with Crippen LogP contribution in [0.3, 0.4) is 0 Å². The quantitative estimate of drug-likeness (QED) is 0.884. The minimum atomic E-state index is -0.229. The molecule has 0 aliphatic heterocycles. The summed E-state index contributed by atoms with van der Waals surface area (Å²) in [4.78, 5) is 14.2. The molecule has 4 unspecified atom stereocenters. The van der Waals surface area contributed by atoms with Crippen LogP contribution in [0.2, 0.25) is 0 Å². The smallest absolute Gasteiger partial charge is 0.227 e. The number of hydrogen-bond acceptors (Lipinski definition) is 2. The van der Waals surface area contributed by atoms with E-state index in [0.717, 1.165) is 18.0 Å². The Morgan fingerprint density at radius 3 is 2.53 bits per heavy atom. The summed E-state index contributed by atoms with van der Waals surface area (Å²) in [5.74, 6) is 1.43. The third-order valence-electron chi connectivity index (χ3n) is 4.27. The summed E-state index contributed by atoms with van der Waals surface area (Å²) in [6.07, 6.45) is 1.25. The molecule has 1 aliphatic rings. The summed E-state index contributed by atoms with van der Waals surface area (Å²) >= 11 is 0. The Hall–Kier alpha value is -1.35. The maximum atomic E-state index is 12.4. The lowest BCUT2D eigenvalue weighted by Crippen LogP contribution is -2.38. The van der Waals surface area contributed by atoms with Gasteiger partial charge in [0, 0.05) is 19.6 Å². The van der Waals surface area contributed by atoms with Crippen LogP contribution in [0.25, 0.3) is 0 Å². The van der Waals surface area contributed by atoms with Gasteiger partial charge < -0.3 is 10.6 Å². The van der Waals surface area contributed by atoms with Crippen molar-refractivity contribution in [2.75, 3.05) is 13.6 Å². The molecule has 3 nitrogen and oxygen atoms in total. The number of hydrogen-bond donors (Lipinski definition) is 1. The Bertz CT molecular complexity index is 432. The Morgan fingerprint density at radius 1 is 1.42 bits per heavy atom. The summed E-state index contributed by atoms with van der Waals surface area (Å²) in [5, 5.41) is 0. The molecule has 3 heteroatoms. The largest absolute Gasteiger partial charge is 0.345 e. The number of carbonyl (C=O) groups excluding carboxylic acids is 1. The molecule has 104 valence electrons. The number of nitrogens with two attached hydrogens (primary N) is 1. The van der Waals surface area contributed by atoms with Crippen LogP contribution in [0.5, 0.6) is 0 Å². The van der Waals surface area contributed by atoms with Crippen LogP contribution in [0.4, 0.5) is 0 Å². The molecule has 0 saturated heterocycles. The van der Waals surface area contributed by atoms with E-state index >= 15 is 0 Å². The van der Waals surface area contributed by atoms with Crippen molar-refractivity contribution in [2.24, 2.45) is 23.5 Å². The molecule has 1 saturated carbocycles. The van der Waals surface area contributed by atoms with Crippen LogP contribution in [0, 0.1) is 17.8 Å². The Labute approximate surface area is 115 Å². The number of nitrogens with zero attached hydrogens (tertiary/aromatic N) is 1. The van der Waals surface area contributed by atoms with Gasteiger partial charge in [-0.05, 0) is 23.8 Å². The van der Waals surface area contributed by atoms with Crippen LogP contribution in [0.1, 0.15) is 31.9 Å². The van der Waals surface area contributed by atoms with Crippen molar-refractivity contribution in [3.05, 3.63) is 35.9 Å². The molecule has 0 bridgehead atoms. The number of amides is 1. The van der Waals surface area contributed by atoms with Crippen molar-refractivity contribution < 1.29 is 4.79 Å². The zero-order valence-electron chi connectivity index (χ0n) is 12.0. The Kier molecular flexibility index (Phi) is 4.25. The van der Waals surface area contributed by atoms with Crippen molar-refractivity contribution in [3.8, 4) is 0 Å². The van der Waals surface area contributed by atoms with Gasteiger partial charge in [-0.2, -0.15) is 0 Å². The van der Waals surface area contributed by atoms with Crippen molar-refractivity contribution >= 4 is 5.91 Å². The van der Waals surface area contributed by atoms with E-state index in [1.54, 1.807) is 0 Å². The van der Waals surface area contributed by atoms with Gasteiger partial charge in [-0.15, -0.1) is 0 Å². The van der Waals surface area contributed by atoms with E-state index in [0.29, 0.717) is 5.92 Å². The molecular formula is C16H24N2O. The highest BCUT2D eigenvalue weighted by atomic mass is 16.2. The molecule has 0 aromatic heterocycles. The standard InChI is InChI=1S/C16H24N2O/c1-11-9-14(11)10-18(3)16(19)12(2)15(17)13-7-5-4-6-8-13/h4-8,11-12,14-15H,9-10,17H2,1-3H3. The highest BCUT2D eigenvalue weighted by Crippen LogP contribution is 2.38. The van der Waals surface area contributed by atoms with Gasteiger partial charge in [0.1, 0.15) is 0 Å². The fourth-order valence-electron chi connectivity index (χ4n) is 2.56. The van der Waals surface area contributed by atoms with Gasteiger partial charge in [0.05, 0.1) is 5.92 Å². The molecule has 4 atom stereocenters. The lowest BCUT2D eigenvalue weighted by atomic mass is 9.94. The molecule has 1 fully saturated rings. The maximum absolute atomic E-state index is 12.4. The van der Waals surface area contributed by atoms with E-state index in [9.17, 15) is 4.79 Å². The van der Waals surface area contributed by atoms with Crippen molar-refractivity contribution in [1.82, 2.24) is 4.90 Å². The summed E-state index contributed by atoms with van der Waals surface area (Å²) < 4.78 is 0. The van der Waals surface area contributed by atoms with Crippen LogP contribution in [-0.2, 0) is 4.79 Å². The van der Waals surface area contributed by atoms with Crippen molar-refractivity contribution in [3.63, 3.8) is 0 Å². The molecule has 2 N–H and O–H groups in total.